The molecule has 0 unspecified atom stereocenters. The van der Waals surface area contributed by atoms with Crippen molar-refractivity contribution in [3.05, 3.63) is 36.0 Å². The number of carbonyl (C=O) groups is 1. The molecule has 0 saturated carbocycles. The zero-order valence-electron chi connectivity index (χ0n) is 12.3. The Morgan fingerprint density at radius 3 is 2.90 bits per heavy atom. The normalized spacial score (nSPS) is 12.9. The fraction of sp³-hybridized carbons (Fsp3) is 0.375. The van der Waals surface area contributed by atoms with Crippen molar-refractivity contribution in [1.82, 2.24) is 10.3 Å². The van der Waals surface area contributed by atoms with Gasteiger partial charge in [-0.25, -0.2) is 0 Å². The third-order valence-corrected chi connectivity index (χ3v) is 3.46. The second-order valence-corrected chi connectivity index (χ2v) is 5.88. The molecular formula is C16H20N4O. The van der Waals surface area contributed by atoms with Crippen molar-refractivity contribution in [2.24, 2.45) is 11.1 Å². The van der Waals surface area contributed by atoms with E-state index in [1.54, 1.807) is 13.8 Å². The molecule has 1 amide bonds. The minimum Gasteiger partial charge on any atom is -0.361 e. The Balaban J connectivity index is 2.00. The van der Waals surface area contributed by atoms with Gasteiger partial charge < -0.3 is 16.0 Å². The van der Waals surface area contributed by atoms with E-state index in [1.807, 2.05) is 30.5 Å². The zero-order chi connectivity index (χ0) is 15.5. The Morgan fingerprint density at radius 2 is 2.19 bits per heavy atom. The molecular weight excluding hydrogens is 264 g/mol. The molecule has 5 heteroatoms. The minimum atomic E-state index is -0.626. The molecule has 0 aliphatic rings. The Kier molecular flexibility index (Phi) is 4.29. The molecule has 1 aromatic heterocycles. The number of nitrogens with two attached hydrogens (primary N) is 1. The van der Waals surface area contributed by atoms with Crippen molar-refractivity contribution in [2.75, 3.05) is 6.54 Å². The lowest BCUT2D eigenvalue weighted by atomic mass is 9.95. The van der Waals surface area contributed by atoms with E-state index in [9.17, 15) is 4.79 Å². The number of para-hydroxylation sites is 1. The van der Waals surface area contributed by atoms with Gasteiger partial charge in [-0.15, -0.1) is 0 Å². The second kappa shape index (κ2) is 5.98. The van der Waals surface area contributed by atoms with Crippen LogP contribution < -0.4 is 11.1 Å². The largest absolute Gasteiger partial charge is 0.361 e. The molecule has 0 aliphatic carbocycles. The lowest BCUT2D eigenvalue weighted by molar-refractivity contribution is -0.122. The van der Waals surface area contributed by atoms with Gasteiger partial charge >= 0.3 is 0 Å². The lowest BCUT2D eigenvalue weighted by Gasteiger charge is -2.18. The molecule has 21 heavy (non-hydrogen) atoms. The molecule has 0 saturated heterocycles. The van der Waals surface area contributed by atoms with Gasteiger partial charge in [0.2, 0.25) is 5.91 Å². The summed E-state index contributed by atoms with van der Waals surface area (Å²) in [6.45, 7) is 3.85. The van der Waals surface area contributed by atoms with Gasteiger partial charge in [-0.3, -0.25) is 4.79 Å². The van der Waals surface area contributed by atoms with E-state index in [4.69, 9.17) is 11.0 Å². The smallest absolute Gasteiger partial charge is 0.237 e. The van der Waals surface area contributed by atoms with E-state index in [0.29, 0.717) is 13.0 Å². The number of benzene rings is 1. The van der Waals surface area contributed by atoms with Crippen LogP contribution in [0.3, 0.4) is 0 Å². The highest BCUT2D eigenvalue weighted by Gasteiger charge is 2.21. The summed E-state index contributed by atoms with van der Waals surface area (Å²) in [5.74, 6) is -0.233. The van der Waals surface area contributed by atoms with E-state index >= 15 is 0 Å². The molecule has 4 N–H and O–H groups in total. The Morgan fingerprint density at radius 1 is 1.48 bits per heavy atom. The van der Waals surface area contributed by atoms with Gasteiger partial charge in [-0.2, -0.15) is 5.26 Å². The van der Waals surface area contributed by atoms with Crippen molar-refractivity contribution >= 4 is 16.8 Å². The van der Waals surface area contributed by atoms with Crippen LogP contribution in [0.25, 0.3) is 10.9 Å². The van der Waals surface area contributed by atoms with Gasteiger partial charge in [0, 0.05) is 23.6 Å². The molecule has 0 radical (unpaired) electrons. The van der Waals surface area contributed by atoms with Crippen molar-refractivity contribution in [1.29, 1.82) is 5.26 Å². The average Bonchev–Trinajstić information content (AvgIpc) is 2.88. The maximum absolute atomic E-state index is 12.0. The van der Waals surface area contributed by atoms with Crippen LogP contribution in [-0.4, -0.2) is 23.5 Å². The van der Waals surface area contributed by atoms with Crippen molar-refractivity contribution in [2.45, 2.75) is 26.3 Å². The summed E-state index contributed by atoms with van der Waals surface area (Å²) in [6, 6.07) is 9.43. The topological polar surface area (TPSA) is 94.7 Å². The molecule has 110 valence electrons. The third kappa shape index (κ3) is 3.61. The summed E-state index contributed by atoms with van der Waals surface area (Å²) in [5, 5.41) is 12.8. The molecule has 2 rings (SSSR count). The molecule has 1 heterocycles. The Labute approximate surface area is 124 Å². The lowest BCUT2D eigenvalue weighted by Crippen LogP contribution is -2.44. The highest BCUT2D eigenvalue weighted by atomic mass is 16.2. The summed E-state index contributed by atoms with van der Waals surface area (Å²) in [6.07, 6.45) is 2.35. The SMILES string of the molecule is CC(C)(C#N)CNC(=O)[C@@H](N)Cc1c[nH]c2ccccc12. The van der Waals surface area contributed by atoms with Crippen LogP contribution >= 0.6 is 0 Å². The van der Waals surface area contributed by atoms with Crippen LogP contribution in [0.2, 0.25) is 0 Å². The first-order valence-corrected chi connectivity index (χ1v) is 6.92. The summed E-state index contributed by atoms with van der Waals surface area (Å²) in [5.41, 5.74) is 7.43. The molecule has 0 bridgehead atoms. The van der Waals surface area contributed by atoms with E-state index in [-0.39, 0.29) is 5.91 Å². The van der Waals surface area contributed by atoms with Crippen molar-refractivity contribution in [3.8, 4) is 6.07 Å². The highest BCUT2D eigenvalue weighted by molar-refractivity contribution is 5.86. The number of aromatic amines is 1. The fourth-order valence-electron chi connectivity index (χ4n) is 2.11. The first kappa shape index (κ1) is 15.1. The highest BCUT2D eigenvalue weighted by Crippen LogP contribution is 2.18. The van der Waals surface area contributed by atoms with Gasteiger partial charge in [-0.1, -0.05) is 18.2 Å². The average molecular weight is 284 g/mol. The van der Waals surface area contributed by atoms with Crippen molar-refractivity contribution < 1.29 is 4.79 Å². The number of carbonyl (C=O) groups excluding carboxylic acids is 1. The third-order valence-electron chi connectivity index (χ3n) is 3.46. The maximum atomic E-state index is 12.0. The van der Waals surface area contributed by atoms with Gasteiger partial charge in [0.25, 0.3) is 0 Å². The Hall–Kier alpha value is -2.32. The van der Waals surface area contributed by atoms with E-state index in [0.717, 1.165) is 16.5 Å². The predicted molar refractivity (Wildman–Crippen MR) is 82.4 cm³/mol. The zero-order valence-corrected chi connectivity index (χ0v) is 12.3. The van der Waals surface area contributed by atoms with Crippen LogP contribution in [0.1, 0.15) is 19.4 Å². The monoisotopic (exact) mass is 284 g/mol. The fourth-order valence-corrected chi connectivity index (χ4v) is 2.11. The summed E-state index contributed by atoms with van der Waals surface area (Å²) in [4.78, 5) is 15.2. The number of nitrogens with one attached hydrogen (secondary N) is 2. The van der Waals surface area contributed by atoms with E-state index < -0.39 is 11.5 Å². The number of fused-ring (bicyclic) bond motifs is 1. The molecule has 1 atom stereocenters. The summed E-state index contributed by atoms with van der Waals surface area (Å²) in [7, 11) is 0. The van der Waals surface area contributed by atoms with Gasteiger partial charge in [-0.05, 0) is 31.9 Å². The summed E-state index contributed by atoms with van der Waals surface area (Å²) < 4.78 is 0. The number of hydrogen-bond donors (Lipinski definition) is 3. The molecule has 1 aromatic carbocycles. The van der Waals surface area contributed by atoms with Crippen LogP contribution in [0.15, 0.2) is 30.5 Å². The molecule has 0 spiro atoms. The quantitative estimate of drug-likeness (QED) is 0.780. The first-order valence-electron chi connectivity index (χ1n) is 6.92. The van der Waals surface area contributed by atoms with E-state index in [2.05, 4.69) is 16.4 Å². The standard InChI is InChI=1S/C16H20N4O/c1-16(2,9-17)10-20-15(21)13(18)7-11-8-19-14-6-4-3-5-12(11)14/h3-6,8,13,19H,7,10,18H2,1-2H3,(H,20,21)/t13-/m0/s1. The number of rotatable bonds is 5. The van der Waals surface area contributed by atoms with E-state index in [1.165, 1.54) is 0 Å². The van der Waals surface area contributed by atoms with Gasteiger partial charge in [0.15, 0.2) is 0 Å². The molecule has 0 fully saturated rings. The number of hydrogen-bond acceptors (Lipinski definition) is 3. The molecule has 5 nitrogen and oxygen atoms in total. The number of aromatic nitrogens is 1. The Bertz CT molecular complexity index is 681. The maximum Gasteiger partial charge on any atom is 0.237 e. The number of nitriles is 1. The minimum absolute atomic E-state index is 0.233. The summed E-state index contributed by atoms with van der Waals surface area (Å²) >= 11 is 0. The van der Waals surface area contributed by atoms with Crippen LogP contribution in [-0.2, 0) is 11.2 Å². The van der Waals surface area contributed by atoms with Crippen LogP contribution in [0.5, 0.6) is 0 Å². The second-order valence-electron chi connectivity index (χ2n) is 5.88. The van der Waals surface area contributed by atoms with Crippen molar-refractivity contribution in [3.63, 3.8) is 0 Å². The van der Waals surface area contributed by atoms with Gasteiger partial charge in [0.1, 0.15) is 0 Å². The first-order chi connectivity index (χ1) is 9.93. The predicted octanol–water partition coefficient (Wildman–Crippen LogP) is 1.70. The number of H-pyrrole nitrogens is 1. The van der Waals surface area contributed by atoms with Crippen LogP contribution in [0, 0.1) is 16.7 Å². The molecule has 2 aromatic rings. The van der Waals surface area contributed by atoms with Crippen LogP contribution in [0.4, 0.5) is 0 Å². The molecule has 0 aliphatic heterocycles. The number of nitrogens with zero attached hydrogens (tertiary/aromatic N) is 1. The van der Waals surface area contributed by atoms with Gasteiger partial charge in [0.05, 0.1) is 17.5 Å². The number of amides is 1.